The second-order valence-corrected chi connectivity index (χ2v) is 8.02. The molecule has 2 rings (SSSR count). The molecule has 1 saturated heterocycles. The number of carboxylic acid groups (broad SMARTS) is 1. The van der Waals surface area contributed by atoms with Crippen molar-refractivity contribution in [2.24, 2.45) is 0 Å². The van der Waals surface area contributed by atoms with E-state index in [1.54, 1.807) is 11.8 Å². The van der Waals surface area contributed by atoms with Crippen molar-refractivity contribution < 1.29 is 18.3 Å². The molecule has 1 aliphatic heterocycles. The average Bonchev–Trinajstić information content (AvgIpc) is 2.89. The predicted molar refractivity (Wildman–Crippen MR) is 79.1 cm³/mol. The number of nitrogens with one attached hydrogen (secondary N) is 1. The molecule has 20 heavy (non-hydrogen) atoms. The first-order chi connectivity index (χ1) is 9.40. The molecular formula is C12H14ClNO4S2. The summed E-state index contributed by atoms with van der Waals surface area (Å²) in [6, 6.07) is 3.61. The summed E-state index contributed by atoms with van der Waals surface area (Å²) < 4.78 is 26.7. The molecule has 0 aromatic heterocycles. The van der Waals surface area contributed by atoms with E-state index in [0.29, 0.717) is 11.8 Å². The number of sulfonamides is 1. The lowest BCUT2D eigenvalue weighted by Crippen LogP contribution is -2.29. The highest BCUT2D eigenvalue weighted by Crippen LogP contribution is 2.26. The largest absolute Gasteiger partial charge is 0.478 e. The van der Waals surface area contributed by atoms with Gasteiger partial charge in [0.1, 0.15) is 0 Å². The Kier molecular flexibility index (Phi) is 4.95. The maximum absolute atomic E-state index is 12.1. The summed E-state index contributed by atoms with van der Waals surface area (Å²) in [5, 5.41) is 9.07. The van der Waals surface area contributed by atoms with Gasteiger partial charge in [-0.15, -0.1) is 0 Å². The Balaban J connectivity index is 2.12. The molecule has 1 aliphatic rings. The number of carbonyl (C=O) groups is 1. The van der Waals surface area contributed by atoms with Gasteiger partial charge in [-0.05, 0) is 36.8 Å². The van der Waals surface area contributed by atoms with Crippen LogP contribution in [0.5, 0.6) is 0 Å². The normalized spacial score (nSPS) is 19.1. The molecule has 8 heteroatoms. The van der Waals surface area contributed by atoms with E-state index in [4.69, 9.17) is 16.7 Å². The number of halogens is 1. The van der Waals surface area contributed by atoms with Gasteiger partial charge in [0.25, 0.3) is 0 Å². The zero-order valence-electron chi connectivity index (χ0n) is 10.5. The molecule has 1 heterocycles. The SMILES string of the molecule is O=C(O)c1ccc(S(=O)(=O)NCC2CCCS2)cc1Cl. The second-order valence-electron chi connectivity index (χ2n) is 4.43. The van der Waals surface area contributed by atoms with Crippen LogP contribution in [-0.4, -0.2) is 37.0 Å². The van der Waals surface area contributed by atoms with Gasteiger partial charge in [-0.25, -0.2) is 17.9 Å². The van der Waals surface area contributed by atoms with Crippen LogP contribution < -0.4 is 4.72 Å². The van der Waals surface area contributed by atoms with E-state index < -0.39 is 16.0 Å². The van der Waals surface area contributed by atoms with Gasteiger partial charge >= 0.3 is 5.97 Å². The van der Waals surface area contributed by atoms with Gasteiger partial charge in [-0.1, -0.05) is 11.6 Å². The van der Waals surface area contributed by atoms with E-state index in [0.717, 1.165) is 24.7 Å². The van der Waals surface area contributed by atoms with Crippen LogP contribution >= 0.6 is 23.4 Å². The molecule has 2 N–H and O–H groups in total. The van der Waals surface area contributed by atoms with Gasteiger partial charge in [-0.3, -0.25) is 0 Å². The lowest BCUT2D eigenvalue weighted by atomic mass is 10.2. The third-order valence-electron chi connectivity index (χ3n) is 3.01. The Hall–Kier alpha value is -0.760. The summed E-state index contributed by atoms with van der Waals surface area (Å²) in [7, 11) is -3.65. The molecule has 0 spiro atoms. The number of hydrogen-bond acceptors (Lipinski definition) is 4. The minimum atomic E-state index is -3.65. The van der Waals surface area contributed by atoms with E-state index in [9.17, 15) is 13.2 Å². The van der Waals surface area contributed by atoms with E-state index in [2.05, 4.69) is 4.72 Å². The lowest BCUT2D eigenvalue weighted by molar-refractivity contribution is 0.0697. The Bertz CT molecular complexity index is 612. The monoisotopic (exact) mass is 335 g/mol. The summed E-state index contributed by atoms with van der Waals surface area (Å²) in [6.07, 6.45) is 2.11. The Morgan fingerprint density at radius 1 is 1.50 bits per heavy atom. The van der Waals surface area contributed by atoms with Gasteiger partial charge in [-0.2, -0.15) is 11.8 Å². The highest BCUT2D eigenvalue weighted by atomic mass is 35.5. The first-order valence-electron chi connectivity index (χ1n) is 6.04. The summed E-state index contributed by atoms with van der Waals surface area (Å²) >= 11 is 7.54. The van der Waals surface area contributed by atoms with Crippen LogP contribution in [0.2, 0.25) is 5.02 Å². The zero-order valence-corrected chi connectivity index (χ0v) is 12.9. The van der Waals surface area contributed by atoms with Crippen molar-refractivity contribution in [2.75, 3.05) is 12.3 Å². The van der Waals surface area contributed by atoms with Gasteiger partial charge in [0.15, 0.2) is 0 Å². The zero-order chi connectivity index (χ0) is 14.8. The molecule has 0 aliphatic carbocycles. The molecule has 5 nitrogen and oxygen atoms in total. The Morgan fingerprint density at radius 3 is 2.80 bits per heavy atom. The fourth-order valence-electron chi connectivity index (χ4n) is 1.93. The van der Waals surface area contributed by atoms with Crippen molar-refractivity contribution >= 4 is 39.4 Å². The van der Waals surface area contributed by atoms with Crippen LogP contribution in [0.25, 0.3) is 0 Å². The van der Waals surface area contributed by atoms with Gasteiger partial charge in [0.2, 0.25) is 10.0 Å². The lowest BCUT2D eigenvalue weighted by Gasteiger charge is -2.11. The number of thioether (sulfide) groups is 1. The topological polar surface area (TPSA) is 83.5 Å². The van der Waals surface area contributed by atoms with E-state index in [1.807, 2.05) is 0 Å². The summed E-state index contributed by atoms with van der Waals surface area (Å²) in [5.41, 5.74) is -0.114. The van der Waals surface area contributed by atoms with Crippen molar-refractivity contribution in [1.29, 1.82) is 0 Å². The quantitative estimate of drug-likeness (QED) is 0.862. The fraction of sp³-hybridized carbons (Fsp3) is 0.417. The third kappa shape index (κ3) is 3.66. The number of aromatic carboxylic acids is 1. The molecule has 110 valence electrons. The predicted octanol–water partition coefficient (Wildman–Crippen LogP) is 2.21. The van der Waals surface area contributed by atoms with Crippen molar-refractivity contribution in [3.63, 3.8) is 0 Å². The van der Waals surface area contributed by atoms with Gasteiger partial charge in [0.05, 0.1) is 15.5 Å². The van der Waals surface area contributed by atoms with Crippen LogP contribution in [0.1, 0.15) is 23.2 Å². The summed E-state index contributed by atoms with van der Waals surface area (Å²) in [4.78, 5) is 10.8. The molecule has 0 amide bonds. The minimum absolute atomic E-state index is 0.0181. The number of benzene rings is 1. The van der Waals surface area contributed by atoms with Crippen LogP contribution in [0, 0.1) is 0 Å². The van der Waals surface area contributed by atoms with Crippen LogP contribution in [0.3, 0.4) is 0 Å². The third-order valence-corrected chi connectivity index (χ3v) is 6.14. The summed E-state index contributed by atoms with van der Waals surface area (Å²) in [6.45, 7) is 0.380. The molecule has 1 fully saturated rings. The maximum Gasteiger partial charge on any atom is 0.337 e. The smallest absolute Gasteiger partial charge is 0.337 e. The number of rotatable bonds is 5. The molecule has 1 atom stereocenters. The standard InChI is InChI=1S/C12H14ClNO4S2/c13-11-6-9(3-4-10(11)12(15)16)20(17,18)14-7-8-2-1-5-19-8/h3-4,6,8,14H,1-2,5,7H2,(H,15,16). The number of hydrogen-bond donors (Lipinski definition) is 2. The molecule has 1 unspecified atom stereocenters. The van der Waals surface area contributed by atoms with E-state index >= 15 is 0 Å². The molecule has 0 saturated carbocycles. The van der Waals surface area contributed by atoms with Crippen molar-refractivity contribution in [1.82, 2.24) is 4.72 Å². The average molecular weight is 336 g/mol. The van der Waals surface area contributed by atoms with Crippen LogP contribution in [-0.2, 0) is 10.0 Å². The Morgan fingerprint density at radius 2 is 2.25 bits per heavy atom. The number of carboxylic acids is 1. The van der Waals surface area contributed by atoms with Crippen molar-refractivity contribution in [3.8, 4) is 0 Å². The van der Waals surface area contributed by atoms with Gasteiger partial charge in [0, 0.05) is 11.8 Å². The van der Waals surface area contributed by atoms with Gasteiger partial charge < -0.3 is 5.11 Å². The van der Waals surface area contributed by atoms with Crippen LogP contribution in [0.15, 0.2) is 23.1 Å². The van der Waals surface area contributed by atoms with E-state index in [-0.39, 0.29) is 15.5 Å². The molecule has 0 radical (unpaired) electrons. The fourth-order valence-corrected chi connectivity index (χ4v) is 4.67. The highest BCUT2D eigenvalue weighted by Gasteiger charge is 2.21. The molecule has 1 aromatic rings. The maximum atomic E-state index is 12.1. The van der Waals surface area contributed by atoms with Crippen LogP contribution in [0.4, 0.5) is 0 Å². The highest BCUT2D eigenvalue weighted by molar-refractivity contribution is 8.00. The Labute approximate surface area is 126 Å². The summed E-state index contributed by atoms with van der Waals surface area (Å²) in [5.74, 6) is -0.125. The van der Waals surface area contributed by atoms with Crippen molar-refractivity contribution in [3.05, 3.63) is 28.8 Å². The molecule has 0 bridgehead atoms. The van der Waals surface area contributed by atoms with E-state index in [1.165, 1.54) is 12.1 Å². The van der Waals surface area contributed by atoms with Crippen molar-refractivity contribution in [2.45, 2.75) is 23.0 Å². The molecular weight excluding hydrogens is 322 g/mol. The minimum Gasteiger partial charge on any atom is -0.478 e. The second kappa shape index (κ2) is 6.34. The first kappa shape index (κ1) is 15.6. The molecule has 1 aromatic carbocycles. The first-order valence-corrected chi connectivity index (χ1v) is 8.95.